The van der Waals surface area contributed by atoms with Gasteiger partial charge in [-0.1, -0.05) is 30.3 Å². The molecule has 0 unspecified atom stereocenters. The molecular formula is C24H27FN4O2. The highest BCUT2D eigenvalue weighted by molar-refractivity contribution is 5.74. The van der Waals surface area contributed by atoms with Crippen molar-refractivity contribution < 1.29 is 13.9 Å². The minimum atomic E-state index is -0.681. The summed E-state index contributed by atoms with van der Waals surface area (Å²) in [5, 5.41) is 10.4. The van der Waals surface area contributed by atoms with Crippen LogP contribution in [0.1, 0.15) is 30.9 Å². The van der Waals surface area contributed by atoms with Gasteiger partial charge in [-0.15, -0.1) is 0 Å². The number of nitrogens with one attached hydrogen (secondary N) is 2. The highest BCUT2D eigenvalue weighted by atomic mass is 19.1. The lowest BCUT2D eigenvalue weighted by Crippen LogP contribution is -2.52. The summed E-state index contributed by atoms with van der Waals surface area (Å²) in [6.07, 6.45) is 3.13. The fourth-order valence-corrected chi connectivity index (χ4v) is 4.44. The molecule has 6 nitrogen and oxygen atoms in total. The van der Waals surface area contributed by atoms with Crippen LogP contribution >= 0.6 is 0 Å². The SMILES string of the molecule is COc1cccc(-c2[nH]ncc2CN2CCC(NC(C)=O)(c3ccccc3F)CC2)c1. The van der Waals surface area contributed by atoms with Crippen molar-refractivity contribution in [2.45, 2.75) is 31.8 Å². The number of amides is 1. The first-order valence-electron chi connectivity index (χ1n) is 10.4. The number of ether oxygens (including phenoxy) is 1. The van der Waals surface area contributed by atoms with Gasteiger partial charge in [-0.25, -0.2) is 4.39 Å². The lowest BCUT2D eigenvalue weighted by Gasteiger charge is -2.42. The van der Waals surface area contributed by atoms with E-state index in [2.05, 4.69) is 20.4 Å². The van der Waals surface area contributed by atoms with Crippen molar-refractivity contribution in [2.24, 2.45) is 0 Å². The van der Waals surface area contributed by atoms with Crippen LogP contribution < -0.4 is 10.1 Å². The molecule has 1 fully saturated rings. The number of halogens is 1. The predicted molar refractivity (Wildman–Crippen MR) is 117 cm³/mol. The Morgan fingerprint density at radius 1 is 1.23 bits per heavy atom. The molecule has 2 N–H and O–H groups in total. The molecule has 0 spiro atoms. The molecule has 4 rings (SSSR count). The quantitative estimate of drug-likeness (QED) is 0.633. The van der Waals surface area contributed by atoms with Crippen LogP contribution in [0.25, 0.3) is 11.3 Å². The number of hydrogen-bond acceptors (Lipinski definition) is 4. The zero-order valence-electron chi connectivity index (χ0n) is 17.8. The molecule has 31 heavy (non-hydrogen) atoms. The number of nitrogens with zero attached hydrogens (tertiary/aromatic N) is 2. The summed E-state index contributed by atoms with van der Waals surface area (Å²) < 4.78 is 19.9. The van der Waals surface area contributed by atoms with E-state index < -0.39 is 5.54 Å². The van der Waals surface area contributed by atoms with E-state index >= 15 is 0 Å². The fourth-order valence-electron chi connectivity index (χ4n) is 4.44. The third-order valence-corrected chi connectivity index (χ3v) is 5.98. The van der Waals surface area contributed by atoms with E-state index in [1.54, 1.807) is 19.2 Å². The topological polar surface area (TPSA) is 70.2 Å². The average molecular weight is 423 g/mol. The van der Waals surface area contributed by atoms with E-state index in [1.807, 2.05) is 36.5 Å². The summed E-state index contributed by atoms with van der Waals surface area (Å²) in [6.45, 7) is 3.67. The van der Waals surface area contributed by atoms with Crippen LogP contribution in [0.15, 0.2) is 54.7 Å². The largest absolute Gasteiger partial charge is 0.497 e. The highest BCUT2D eigenvalue weighted by Crippen LogP contribution is 2.35. The molecule has 2 aromatic carbocycles. The monoisotopic (exact) mass is 422 g/mol. The van der Waals surface area contributed by atoms with Crippen LogP contribution in [0, 0.1) is 5.82 Å². The second-order valence-electron chi connectivity index (χ2n) is 8.02. The van der Waals surface area contributed by atoms with Crippen LogP contribution in [-0.2, 0) is 16.9 Å². The molecule has 1 aliphatic heterocycles. The summed E-state index contributed by atoms with van der Waals surface area (Å²) in [5.74, 6) is 0.368. The zero-order valence-corrected chi connectivity index (χ0v) is 17.8. The average Bonchev–Trinajstić information content (AvgIpc) is 3.23. The number of aromatic amines is 1. The molecule has 7 heteroatoms. The molecule has 1 saturated heterocycles. The minimum Gasteiger partial charge on any atom is -0.497 e. The van der Waals surface area contributed by atoms with Gasteiger partial charge in [-0.2, -0.15) is 5.10 Å². The molecule has 1 aliphatic rings. The lowest BCUT2D eigenvalue weighted by molar-refractivity contribution is -0.121. The number of piperidine rings is 1. The Labute approximate surface area is 181 Å². The standard InChI is InChI=1S/C24H27FN4O2/c1-17(30)27-24(21-8-3-4-9-22(21)25)10-12-29(13-11-24)16-19-15-26-28-23(19)18-6-5-7-20(14-18)31-2/h3-9,14-15H,10-13,16H2,1-2H3,(H,26,28)(H,27,30). The van der Waals surface area contributed by atoms with Gasteiger partial charge in [0.2, 0.25) is 5.91 Å². The maximum Gasteiger partial charge on any atom is 0.217 e. The second kappa shape index (κ2) is 8.89. The molecule has 0 aliphatic carbocycles. The lowest BCUT2D eigenvalue weighted by atomic mass is 9.80. The van der Waals surface area contributed by atoms with E-state index in [9.17, 15) is 9.18 Å². The van der Waals surface area contributed by atoms with Gasteiger partial charge in [0, 0.05) is 43.2 Å². The van der Waals surface area contributed by atoms with Crippen LogP contribution in [0.5, 0.6) is 5.75 Å². The predicted octanol–water partition coefficient (Wildman–Crippen LogP) is 3.85. The summed E-state index contributed by atoms with van der Waals surface area (Å²) in [6, 6.07) is 14.6. The van der Waals surface area contributed by atoms with Gasteiger partial charge in [0.15, 0.2) is 0 Å². The van der Waals surface area contributed by atoms with E-state index in [1.165, 1.54) is 13.0 Å². The Bertz CT molecular complexity index is 1060. The number of benzene rings is 2. The van der Waals surface area contributed by atoms with E-state index in [4.69, 9.17) is 4.74 Å². The Morgan fingerprint density at radius 3 is 2.71 bits per heavy atom. The maximum atomic E-state index is 14.6. The molecule has 0 atom stereocenters. The van der Waals surface area contributed by atoms with Crippen LogP contribution in [0.4, 0.5) is 4.39 Å². The van der Waals surface area contributed by atoms with Crippen molar-refractivity contribution in [2.75, 3.05) is 20.2 Å². The molecule has 1 aromatic heterocycles. The maximum absolute atomic E-state index is 14.6. The molecule has 2 heterocycles. The first kappa shape index (κ1) is 21.1. The van der Waals surface area contributed by atoms with Crippen molar-refractivity contribution in [1.29, 1.82) is 0 Å². The molecule has 1 amide bonds. The summed E-state index contributed by atoms with van der Waals surface area (Å²) in [7, 11) is 1.65. The van der Waals surface area contributed by atoms with E-state index in [-0.39, 0.29) is 11.7 Å². The second-order valence-corrected chi connectivity index (χ2v) is 8.02. The first-order chi connectivity index (χ1) is 15.0. The molecule has 0 saturated carbocycles. The van der Waals surface area contributed by atoms with Crippen LogP contribution in [-0.4, -0.2) is 41.2 Å². The van der Waals surface area contributed by atoms with Gasteiger partial charge in [0.05, 0.1) is 24.5 Å². The van der Waals surface area contributed by atoms with Gasteiger partial charge in [0.1, 0.15) is 11.6 Å². The van der Waals surface area contributed by atoms with Crippen LogP contribution in [0.2, 0.25) is 0 Å². The molecule has 3 aromatic rings. The van der Waals surface area contributed by atoms with Gasteiger partial charge >= 0.3 is 0 Å². The Hall–Kier alpha value is -3.19. The Balaban J connectivity index is 1.51. The van der Waals surface area contributed by atoms with Crippen molar-refractivity contribution in [3.8, 4) is 17.0 Å². The number of carbonyl (C=O) groups is 1. The normalized spacial score (nSPS) is 16.1. The van der Waals surface area contributed by atoms with Gasteiger partial charge in [-0.3, -0.25) is 14.8 Å². The highest BCUT2D eigenvalue weighted by Gasteiger charge is 2.38. The third-order valence-electron chi connectivity index (χ3n) is 5.98. The number of likely N-dealkylation sites (tertiary alicyclic amines) is 1. The number of rotatable bonds is 6. The van der Waals surface area contributed by atoms with E-state index in [0.717, 1.165) is 42.2 Å². The third kappa shape index (κ3) is 4.46. The number of H-pyrrole nitrogens is 1. The summed E-state index contributed by atoms with van der Waals surface area (Å²) in [4.78, 5) is 14.2. The minimum absolute atomic E-state index is 0.146. The van der Waals surface area contributed by atoms with Crippen molar-refractivity contribution in [3.05, 3.63) is 71.7 Å². The number of aromatic nitrogens is 2. The Kier molecular flexibility index (Phi) is 6.04. The number of carbonyl (C=O) groups excluding carboxylic acids is 1. The van der Waals surface area contributed by atoms with E-state index in [0.29, 0.717) is 18.4 Å². The first-order valence-corrected chi connectivity index (χ1v) is 10.4. The molecule has 0 bridgehead atoms. The van der Waals surface area contributed by atoms with Crippen molar-refractivity contribution >= 4 is 5.91 Å². The number of hydrogen-bond donors (Lipinski definition) is 2. The molecular weight excluding hydrogens is 395 g/mol. The smallest absolute Gasteiger partial charge is 0.217 e. The molecule has 162 valence electrons. The number of methoxy groups -OCH3 is 1. The van der Waals surface area contributed by atoms with Crippen molar-refractivity contribution in [3.63, 3.8) is 0 Å². The summed E-state index contributed by atoms with van der Waals surface area (Å²) >= 11 is 0. The summed E-state index contributed by atoms with van der Waals surface area (Å²) in [5.41, 5.74) is 2.95. The van der Waals surface area contributed by atoms with Crippen molar-refractivity contribution in [1.82, 2.24) is 20.4 Å². The fraction of sp³-hybridized carbons (Fsp3) is 0.333. The van der Waals surface area contributed by atoms with Gasteiger partial charge < -0.3 is 10.1 Å². The molecule has 0 radical (unpaired) electrons. The zero-order chi connectivity index (χ0) is 21.8. The van der Waals surface area contributed by atoms with Gasteiger partial charge in [-0.05, 0) is 31.0 Å². The Morgan fingerprint density at radius 2 is 2.00 bits per heavy atom. The van der Waals surface area contributed by atoms with Gasteiger partial charge in [0.25, 0.3) is 0 Å². The van der Waals surface area contributed by atoms with Crippen LogP contribution in [0.3, 0.4) is 0 Å².